The molecule has 0 saturated heterocycles. The molecule has 0 bridgehead atoms. The van der Waals surface area contributed by atoms with Gasteiger partial charge in [-0.25, -0.2) is 0 Å². The van der Waals surface area contributed by atoms with Gasteiger partial charge >= 0.3 is 37.7 Å². The van der Waals surface area contributed by atoms with Gasteiger partial charge in [0.1, 0.15) is 0 Å². The van der Waals surface area contributed by atoms with Gasteiger partial charge in [0, 0.05) is 33.6 Å². The van der Waals surface area contributed by atoms with Crippen molar-refractivity contribution in [3.05, 3.63) is 0 Å². The van der Waals surface area contributed by atoms with Crippen LogP contribution in [0.1, 0.15) is 0 Å². The van der Waals surface area contributed by atoms with Gasteiger partial charge in [-0.05, 0) is 0 Å². The molecular weight excluding hydrogens is 181 g/mol. The van der Waals surface area contributed by atoms with Crippen LogP contribution >= 0.6 is 0 Å². The molecule has 0 spiro atoms. The first-order chi connectivity index (χ1) is 0. The Morgan fingerprint density at radius 1 is 1.00 bits per heavy atom. The fraction of sp³-hybridized carbons (Fsp3) is 0. The Morgan fingerprint density at radius 3 is 1.00 bits per heavy atom. The summed E-state index contributed by atoms with van der Waals surface area (Å²) in [5.74, 6) is 0. The molecular formula is H5AlCaMnNi. The smallest absolute Gasteiger partial charge is 0 e. The van der Waals surface area contributed by atoms with Gasteiger partial charge in [0.15, 0.2) is 17.4 Å². The Hall–Kier alpha value is 2.81. The van der Waals surface area contributed by atoms with E-state index in [9.17, 15) is 0 Å². The SMILES string of the molecule is [AlH3].[CaH2].[Mn].[Ni]. The van der Waals surface area contributed by atoms with E-state index in [2.05, 4.69) is 0 Å². The molecule has 0 rings (SSSR count). The van der Waals surface area contributed by atoms with Crippen molar-refractivity contribution in [2.75, 3.05) is 0 Å². The van der Waals surface area contributed by atoms with Gasteiger partial charge in [0.25, 0.3) is 0 Å². The largest absolute Gasteiger partial charge is 0 e. The van der Waals surface area contributed by atoms with Gasteiger partial charge in [-0.1, -0.05) is 0 Å². The van der Waals surface area contributed by atoms with E-state index >= 15 is 0 Å². The predicted molar refractivity (Wildman–Crippen MR) is 18.5 cm³/mol. The monoisotopic (exact) mass is 185 g/mol. The van der Waals surface area contributed by atoms with Crippen LogP contribution in [-0.2, 0) is 33.6 Å². The summed E-state index contributed by atoms with van der Waals surface area (Å²) in [6.45, 7) is 0. The molecule has 0 aliphatic heterocycles. The molecule has 0 amide bonds. The Bertz CT molecular complexity index is 8.00. The number of hydrogen-bond acceptors (Lipinski definition) is 0. The van der Waals surface area contributed by atoms with E-state index in [0.717, 1.165) is 0 Å². The Morgan fingerprint density at radius 2 is 1.00 bits per heavy atom. The van der Waals surface area contributed by atoms with E-state index in [1.807, 2.05) is 0 Å². The minimum atomic E-state index is 0. The van der Waals surface area contributed by atoms with Crippen molar-refractivity contribution in [3.8, 4) is 0 Å². The predicted octanol–water partition coefficient (Wildman–Crippen LogP) is -2.11. The molecule has 4 heteroatoms. The Kier molecular flexibility index (Phi) is 124. The zero-order valence-electron chi connectivity index (χ0n) is 0.694. The van der Waals surface area contributed by atoms with Gasteiger partial charge in [-0.2, -0.15) is 0 Å². The van der Waals surface area contributed by atoms with Gasteiger partial charge < -0.3 is 0 Å². The summed E-state index contributed by atoms with van der Waals surface area (Å²) in [5, 5.41) is 0. The molecule has 0 aliphatic carbocycles. The summed E-state index contributed by atoms with van der Waals surface area (Å²) in [6, 6.07) is 0. The summed E-state index contributed by atoms with van der Waals surface area (Å²) < 4.78 is 0. The first-order valence-corrected chi connectivity index (χ1v) is 0. The zero-order valence-corrected chi connectivity index (χ0v) is 2.86. The minimum absolute atomic E-state index is 0. The molecule has 0 nitrogen and oxygen atoms in total. The maximum Gasteiger partial charge on any atom is 0 e. The molecule has 0 fully saturated rings. The van der Waals surface area contributed by atoms with Crippen molar-refractivity contribution in [1.29, 1.82) is 0 Å². The van der Waals surface area contributed by atoms with Crippen molar-refractivity contribution >= 4 is 55.1 Å². The first kappa shape index (κ1) is 29.1. The van der Waals surface area contributed by atoms with E-state index in [4.69, 9.17) is 0 Å². The maximum atomic E-state index is 0. The van der Waals surface area contributed by atoms with Gasteiger partial charge in [0.05, 0.1) is 0 Å². The van der Waals surface area contributed by atoms with Crippen LogP contribution in [0.2, 0.25) is 0 Å². The molecule has 0 heterocycles. The summed E-state index contributed by atoms with van der Waals surface area (Å²) >= 11 is 0. The van der Waals surface area contributed by atoms with Gasteiger partial charge in [0.2, 0.25) is 0 Å². The number of rotatable bonds is 0. The summed E-state index contributed by atoms with van der Waals surface area (Å²) in [4.78, 5) is 0. The fourth-order valence-electron chi connectivity index (χ4n) is 0. The van der Waals surface area contributed by atoms with Crippen LogP contribution < -0.4 is 0 Å². The first-order valence-electron chi connectivity index (χ1n) is 0. The second kappa shape index (κ2) is 17.0. The molecule has 0 aromatic carbocycles. The van der Waals surface area contributed by atoms with Crippen molar-refractivity contribution in [3.63, 3.8) is 0 Å². The molecule has 1 radical (unpaired) electrons. The van der Waals surface area contributed by atoms with Crippen LogP contribution in [-0.4, -0.2) is 55.1 Å². The molecule has 0 aliphatic rings. The van der Waals surface area contributed by atoms with Crippen LogP contribution in [0, 0.1) is 0 Å². The molecule has 4 heavy (non-hydrogen) atoms. The topological polar surface area (TPSA) is 0 Å². The average molecular weight is 186 g/mol. The van der Waals surface area contributed by atoms with E-state index in [0.29, 0.717) is 0 Å². The van der Waals surface area contributed by atoms with Crippen LogP contribution in [0.25, 0.3) is 0 Å². The second-order valence-electron chi connectivity index (χ2n) is 0. The second-order valence-corrected chi connectivity index (χ2v) is 0. The summed E-state index contributed by atoms with van der Waals surface area (Å²) in [5.41, 5.74) is 0. The molecule has 0 aromatic rings. The molecule has 0 N–H and O–H groups in total. The normalized spacial score (nSPS) is 0. The van der Waals surface area contributed by atoms with Crippen LogP contribution in [0.3, 0.4) is 0 Å². The summed E-state index contributed by atoms with van der Waals surface area (Å²) in [7, 11) is 0. The van der Waals surface area contributed by atoms with Gasteiger partial charge in [-0.3, -0.25) is 0 Å². The standard InChI is InChI=1S/Al.Ca.Mn.Ni.5H. The molecule has 0 saturated carbocycles. The fourth-order valence-corrected chi connectivity index (χ4v) is 0. The van der Waals surface area contributed by atoms with E-state index in [-0.39, 0.29) is 88.7 Å². The van der Waals surface area contributed by atoms with Crippen LogP contribution in [0.15, 0.2) is 0 Å². The molecule has 27 valence electrons. The van der Waals surface area contributed by atoms with Crippen molar-refractivity contribution in [2.45, 2.75) is 0 Å². The van der Waals surface area contributed by atoms with Crippen molar-refractivity contribution < 1.29 is 33.6 Å². The maximum absolute atomic E-state index is 0. The third-order valence-electron chi connectivity index (χ3n) is 0. The quantitative estimate of drug-likeness (QED) is 0.380. The van der Waals surface area contributed by atoms with Crippen LogP contribution in [0.5, 0.6) is 0 Å². The molecule has 0 unspecified atom stereocenters. The summed E-state index contributed by atoms with van der Waals surface area (Å²) in [6.07, 6.45) is 0. The van der Waals surface area contributed by atoms with Crippen molar-refractivity contribution in [2.24, 2.45) is 0 Å². The third kappa shape index (κ3) is 8.84. The minimum Gasteiger partial charge on any atom is 0 e. The Labute approximate surface area is 87.0 Å². The average Bonchev–Trinajstić information content (AvgIpc) is 0. The van der Waals surface area contributed by atoms with E-state index in [1.54, 1.807) is 0 Å². The van der Waals surface area contributed by atoms with Crippen LogP contribution in [0.4, 0.5) is 0 Å². The molecule has 0 aromatic heterocycles. The molecule has 0 atom stereocenters. The zero-order chi connectivity index (χ0) is 0. The van der Waals surface area contributed by atoms with E-state index in [1.165, 1.54) is 0 Å². The number of hydrogen-bond donors (Lipinski definition) is 0. The van der Waals surface area contributed by atoms with Crippen molar-refractivity contribution in [1.82, 2.24) is 0 Å². The van der Waals surface area contributed by atoms with Gasteiger partial charge in [-0.15, -0.1) is 0 Å². The third-order valence-corrected chi connectivity index (χ3v) is 0. The Balaban J connectivity index is 0. The van der Waals surface area contributed by atoms with E-state index < -0.39 is 0 Å².